The normalized spacial score (nSPS) is 10.3. The van der Waals surface area contributed by atoms with Gasteiger partial charge in [0, 0.05) is 5.02 Å². The quantitative estimate of drug-likeness (QED) is 0.718. The summed E-state index contributed by atoms with van der Waals surface area (Å²) in [5, 5.41) is 14.4. The first-order chi connectivity index (χ1) is 12.6. The Balaban J connectivity index is 1.76. The molecule has 2 aromatic carbocycles. The number of nitriles is 1. The van der Waals surface area contributed by atoms with E-state index in [9.17, 15) is 5.26 Å². The number of benzene rings is 2. The highest BCUT2D eigenvalue weighted by Gasteiger charge is 2.17. The molecule has 132 valence electrons. The Bertz CT molecular complexity index is 928. The lowest BCUT2D eigenvalue weighted by atomic mass is 10.2. The molecule has 0 aliphatic heterocycles. The summed E-state index contributed by atoms with van der Waals surface area (Å²) in [5.74, 6) is 1.25. The number of halogens is 1. The summed E-state index contributed by atoms with van der Waals surface area (Å²) < 4.78 is 12.4. The molecule has 0 amide bonds. The average molecular weight is 369 g/mol. The van der Waals surface area contributed by atoms with Crippen molar-refractivity contribution in [1.29, 1.82) is 5.26 Å². The molecule has 0 saturated heterocycles. The predicted octanol–water partition coefficient (Wildman–Crippen LogP) is 3.63. The first kappa shape index (κ1) is 17.6. The molecule has 0 bridgehead atoms. The largest absolute Gasteiger partial charge is 0.497 e. The van der Waals surface area contributed by atoms with E-state index in [1.165, 1.54) is 0 Å². The molecule has 0 unspecified atom stereocenters. The van der Waals surface area contributed by atoms with Gasteiger partial charge in [0.25, 0.3) is 5.88 Å². The summed E-state index contributed by atoms with van der Waals surface area (Å²) in [6.45, 7) is 0.694. The number of nitrogen functional groups attached to an aromatic ring is 1. The van der Waals surface area contributed by atoms with Crippen LogP contribution in [-0.2, 0) is 13.2 Å². The number of nitrogens with two attached hydrogens (primary N) is 1. The second-order valence-corrected chi connectivity index (χ2v) is 6.03. The van der Waals surface area contributed by atoms with E-state index in [0.717, 1.165) is 16.9 Å². The Morgan fingerprint density at radius 3 is 2.38 bits per heavy atom. The fourth-order valence-corrected chi connectivity index (χ4v) is 2.54. The molecule has 0 radical (unpaired) electrons. The molecule has 0 fully saturated rings. The summed E-state index contributed by atoms with van der Waals surface area (Å²) in [6.07, 6.45) is 0. The van der Waals surface area contributed by atoms with E-state index in [4.69, 9.17) is 26.8 Å². The molecule has 0 aliphatic carbocycles. The topological polar surface area (TPSA) is 86.1 Å². The van der Waals surface area contributed by atoms with Crippen molar-refractivity contribution < 1.29 is 9.47 Å². The summed E-state index contributed by atoms with van der Waals surface area (Å²) in [5.41, 5.74) is 8.18. The van der Waals surface area contributed by atoms with Crippen molar-refractivity contribution in [2.45, 2.75) is 13.2 Å². The summed E-state index contributed by atoms with van der Waals surface area (Å²) in [4.78, 5) is 0. The average Bonchev–Trinajstić information content (AvgIpc) is 2.97. The van der Waals surface area contributed by atoms with Gasteiger partial charge in [-0.05, 0) is 35.4 Å². The van der Waals surface area contributed by atoms with Gasteiger partial charge >= 0.3 is 0 Å². The molecule has 1 heterocycles. The maximum Gasteiger partial charge on any atom is 0.253 e. The van der Waals surface area contributed by atoms with Crippen molar-refractivity contribution in [3.05, 3.63) is 70.2 Å². The van der Waals surface area contributed by atoms with E-state index in [2.05, 4.69) is 11.2 Å². The number of methoxy groups -OCH3 is 1. The third-order valence-electron chi connectivity index (χ3n) is 3.85. The molecule has 2 N–H and O–H groups in total. The lowest BCUT2D eigenvalue weighted by molar-refractivity contribution is 0.289. The van der Waals surface area contributed by atoms with E-state index in [0.29, 0.717) is 11.6 Å². The zero-order valence-electron chi connectivity index (χ0n) is 14.1. The highest BCUT2D eigenvalue weighted by Crippen LogP contribution is 2.25. The molecule has 0 atom stereocenters. The van der Waals surface area contributed by atoms with E-state index < -0.39 is 0 Å². The molecule has 0 spiro atoms. The Morgan fingerprint density at radius 1 is 1.12 bits per heavy atom. The number of nitrogens with zero attached hydrogens (tertiary/aromatic N) is 3. The summed E-state index contributed by atoms with van der Waals surface area (Å²) in [7, 11) is 1.61. The third kappa shape index (κ3) is 3.90. The fraction of sp³-hybridized carbons (Fsp3) is 0.158. The van der Waals surface area contributed by atoms with Crippen LogP contribution in [0.25, 0.3) is 0 Å². The minimum absolute atomic E-state index is 0.217. The van der Waals surface area contributed by atoms with Gasteiger partial charge in [0.2, 0.25) is 0 Å². The van der Waals surface area contributed by atoms with E-state index in [1.54, 1.807) is 23.9 Å². The van der Waals surface area contributed by atoms with Crippen LogP contribution in [0.15, 0.2) is 48.5 Å². The fourth-order valence-electron chi connectivity index (χ4n) is 2.41. The van der Waals surface area contributed by atoms with Gasteiger partial charge in [-0.15, -0.1) is 5.10 Å². The van der Waals surface area contributed by atoms with Gasteiger partial charge in [-0.1, -0.05) is 35.9 Å². The molecule has 3 aromatic rings. The van der Waals surface area contributed by atoms with Gasteiger partial charge in [-0.2, -0.15) is 5.26 Å². The van der Waals surface area contributed by atoms with Crippen LogP contribution >= 0.6 is 11.6 Å². The van der Waals surface area contributed by atoms with E-state index in [-0.39, 0.29) is 23.9 Å². The molecule has 26 heavy (non-hydrogen) atoms. The van der Waals surface area contributed by atoms with E-state index >= 15 is 0 Å². The molecular formula is C19H17ClN4O2. The maximum absolute atomic E-state index is 9.38. The minimum Gasteiger partial charge on any atom is -0.497 e. The van der Waals surface area contributed by atoms with Gasteiger partial charge in [0.05, 0.1) is 13.7 Å². The first-order valence-corrected chi connectivity index (χ1v) is 8.25. The van der Waals surface area contributed by atoms with Crippen LogP contribution in [0.4, 0.5) is 5.82 Å². The van der Waals surface area contributed by atoms with Gasteiger partial charge in [0.1, 0.15) is 24.2 Å². The second-order valence-electron chi connectivity index (χ2n) is 5.60. The van der Waals surface area contributed by atoms with Crippen molar-refractivity contribution in [2.24, 2.45) is 0 Å². The van der Waals surface area contributed by atoms with Crippen LogP contribution < -0.4 is 15.2 Å². The number of ether oxygens (including phenoxy) is 2. The maximum atomic E-state index is 9.38. The van der Waals surface area contributed by atoms with Crippen LogP contribution in [0.5, 0.6) is 11.6 Å². The van der Waals surface area contributed by atoms with Gasteiger partial charge in [-0.3, -0.25) is 0 Å². The Labute approximate surface area is 156 Å². The van der Waals surface area contributed by atoms with Crippen molar-refractivity contribution in [3.63, 3.8) is 0 Å². The van der Waals surface area contributed by atoms with Crippen LogP contribution in [0.3, 0.4) is 0 Å². The third-order valence-corrected chi connectivity index (χ3v) is 4.10. The summed E-state index contributed by atoms with van der Waals surface area (Å²) in [6, 6.07) is 16.9. The number of aromatic nitrogens is 2. The Kier molecular flexibility index (Phi) is 5.30. The lowest BCUT2D eigenvalue weighted by Gasteiger charge is -2.05. The van der Waals surface area contributed by atoms with Crippen LogP contribution in [0, 0.1) is 11.3 Å². The molecule has 1 aromatic heterocycles. The first-order valence-electron chi connectivity index (χ1n) is 7.87. The summed E-state index contributed by atoms with van der Waals surface area (Å²) >= 11 is 5.90. The Morgan fingerprint density at radius 2 is 1.77 bits per heavy atom. The zero-order chi connectivity index (χ0) is 18.5. The number of hydrogen-bond acceptors (Lipinski definition) is 5. The van der Waals surface area contributed by atoms with Gasteiger partial charge < -0.3 is 15.2 Å². The molecular weight excluding hydrogens is 352 g/mol. The second kappa shape index (κ2) is 7.81. The molecule has 7 heteroatoms. The van der Waals surface area contributed by atoms with Gasteiger partial charge in [0.15, 0.2) is 5.56 Å². The Hall–Kier alpha value is -3.17. The number of hydrogen-bond donors (Lipinski definition) is 1. The molecule has 0 aliphatic rings. The highest BCUT2D eigenvalue weighted by atomic mass is 35.5. The molecule has 6 nitrogen and oxygen atoms in total. The lowest BCUT2D eigenvalue weighted by Crippen LogP contribution is -2.06. The van der Waals surface area contributed by atoms with E-state index in [1.807, 2.05) is 36.4 Å². The van der Waals surface area contributed by atoms with Crippen LogP contribution in [0.2, 0.25) is 5.02 Å². The monoisotopic (exact) mass is 368 g/mol. The minimum atomic E-state index is 0.217. The standard InChI is InChI=1S/C19H17ClN4O2/c1-25-16-8-4-14(5-9-16)12-26-19-17(10-21)18(22)24(23-19)11-13-2-6-15(20)7-3-13/h2-9H,11-12,22H2,1H3. The van der Waals surface area contributed by atoms with Crippen molar-refractivity contribution in [3.8, 4) is 17.7 Å². The number of rotatable bonds is 6. The molecule has 0 saturated carbocycles. The number of anilines is 1. The smallest absolute Gasteiger partial charge is 0.253 e. The SMILES string of the molecule is COc1ccc(COc2nn(Cc3ccc(Cl)cc3)c(N)c2C#N)cc1. The van der Waals surface area contributed by atoms with Crippen molar-refractivity contribution in [1.82, 2.24) is 9.78 Å². The zero-order valence-corrected chi connectivity index (χ0v) is 14.9. The molecule has 3 rings (SSSR count). The van der Waals surface area contributed by atoms with Crippen molar-refractivity contribution in [2.75, 3.05) is 12.8 Å². The predicted molar refractivity (Wildman–Crippen MR) is 99.2 cm³/mol. The van der Waals surface area contributed by atoms with Gasteiger partial charge in [-0.25, -0.2) is 4.68 Å². The van der Waals surface area contributed by atoms with Crippen LogP contribution in [0.1, 0.15) is 16.7 Å². The highest BCUT2D eigenvalue weighted by molar-refractivity contribution is 6.30. The van der Waals surface area contributed by atoms with Crippen molar-refractivity contribution >= 4 is 17.4 Å². The van der Waals surface area contributed by atoms with Crippen LogP contribution in [-0.4, -0.2) is 16.9 Å².